The Morgan fingerprint density at radius 1 is 1.46 bits per heavy atom. The molecule has 0 N–H and O–H groups in total. The number of ether oxygens (including phenoxy) is 1. The van der Waals surface area contributed by atoms with Crippen LogP contribution in [0.25, 0.3) is 6.08 Å². The van der Waals surface area contributed by atoms with E-state index in [1.165, 1.54) is 3.58 Å². The summed E-state index contributed by atoms with van der Waals surface area (Å²) in [6.45, 7) is 2.04. The van der Waals surface area contributed by atoms with Gasteiger partial charge in [0.05, 0.1) is 0 Å². The lowest BCUT2D eigenvalue weighted by Crippen LogP contribution is -2.15. The molecule has 0 saturated carbocycles. The van der Waals surface area contributed by atoms with Crippen molar-refractivity contribution in [2.45, 2.75) is 13.0 Å². The molecule has 1 aliphatic heterocycles. The lowest BCUT2D eigenvalue weighted by Gasteiger charge is -2.21. The zero-order valence-electron chi connectivity index (χ0n) is 7.05. The Morgan fingerprint density at radius 2 is 2.23 bits per heavy atom. The summed E-state index contributed by atoms with van der Waals surface area (Å²) in [5.41, 5.74) is 1.06. The van der Waals surface area contributed by atoms with Crippen molar-refractivity contribution in [1.82, 2.24) is 0 Å². The Hall–Kier alpha value is -0.220. The molecule has 1 aromatic rings. The lowest BCUT2D eigenvalue weighted by atomic mass is 10.1. The molecule has 13 heavy (non-hydrogen) atoms. The maximum Gasteiger partial charge on any atom is 0.127 e. The quantitative estimate of drug-likeness (QED) is 0.661. The number of benzene rings is 1. The maximum absolute atomic E-state index is 5.87. The predicted octanol–water partition coefficient (Wildman–Crippen LogP) is 3.90. The summed E-state index contributed by atoms with van der Waals surface area (Å²) < 4.78 is 6.87. The van der Waals surface area contributed by atoms with Gasteiger partial charge in [-0.2, -0.15) is 0 Å². The van der Waals surface area contributed by atoms with Gasteiger partial charge in [-0.1, -0.05) is 11.6 Å². The first-order valence-corrected chi connectivity index (χ1v) is 5.46. The summed E-state index contributed by atoms with van der Waals surface area (Å²) in [4.78, 5) is 0. The van der Waals surface area contributed by atoms with E-state index in [1.54, 1.807) is 0 Å². The Balaban J connectivity index is 2.51. The third kappa shape index (κ3) is 1.83. The van der Waals surface area contributed by atoms with Crippen molar-refractivity contribution >= 4 is 40.3 Å². The summed E-state index contributed by atoms with van der Waals surface area (Å²) in [7, 11) is 0. The largest absolute Gasteiger partial charge is 0.485 e. The highest BCUT2D eigenvalue weighted by molar-refractivity contribution is 14.1. The zero-order valence-corrected chi connectivity index (χ0v) is 9.96. The van der Waals surface area contributed by atoms with E-state index >= 15 is 0 Å². The summed E-state index contributed by atoms with van der Waals surface area (Å²) in [6.07, 6.45) is 2.27. The van der Waals surface area contributed by atoms with E-state index in [0.29, 0.717) is 0 Å². The number of hydrogen-bond donors (Lipinski definition) is 0. The van der Waals surface area contributed by atoms with Crippen molar-refractivity contribution in [3.63, 3.8) is 0 Å². The summed E-state index contributed by atoms with van der Waals surface area (Å²) in [5.74, 6) is 0.914. The monoisotopic (exact) mass is 306 g/mol. The summed E-state index contributed by atoms with van der Waals surface area (Å²) in [6, 6.07) is 5.67. The lowest BCUT2D eigenvalue weighted by molar-refractivity contribution is 0.264. The van der Waals surface area contributed by atoms with Crippen LogP contribution in [-0.2, 0) is 0 Å². The van der Waals surface area contributed by atoms with Crippen LogP contribution in [0.3, 0.4) is 0 Å². The number of halogens is 2. The highest BCUT2D eigenvalue weighted by Crippen LogP contribution is 2.33. The Kier molecular flexibility index (Phi) is 2.51. The van der Waals surface area contributed by atoms with Gasteiger partial charge >= 0.3 is 0 Å². The van der Waals surface area contributed by atoms with E-state index in [2.05, 4.69) is 28.7 Å². The molecule has 0 aliphatic carbocycles. The molecule has 0 aromatic heterocycles. The van der Waals surface area contributed by atoms with E-state index in [0.717, 1.165) is 16.3 Å². The summed E-state index contributed by atoms with van der Waals surface area (Å²) >= 11 is 8.16. The molecule has 0 bridgehead atoms. The molecule has 0 fully saturated rings. The van der Waals surface area contributed by atoms with Crippen LogP contribution < -0.4 is 4.74 Å². The Morgan fingerprint density at radius 3 is 3.00 bits per heavy atom. The predicted molar refractivity (Wildman–Crippen MR) is 63.5 cm³/mol. The third-order valence-electron chi connectivity index (χ3n) is 1.96. The van der Waals surface area contributed by atoms with Gasteiger partial charge in [0.2, 0.25) is 0 Å². The second-order valence-electron chi connectivity index (χ2n) is 2.97. The van der Waals surface area contributed by atoms with Gasteiger partial charge in [-0.15, -0.1) is 0 Å². The Bertz CT molecular complexity index is 373. The molecule has 68 valence electrons. The van der Waals surface area contributed by atoms with Crippen molar-refractivity contribution in [1.29, 1.82) is 0 Å². The molecular weight excluding hydrogens is 298 g/mol. The van der Waals surface area contributed by atoms with Crippen molar-refractivity contribution in [3.8, 4) is 5.75 Å². The molecule has 0 amide bonds. The maximum atomic E-state index is 5.87. The summed E-state index contributed by atoms with van der Waals surface area (Å²) in [5, 5.41) is 0.748. The van der Waals surface area contributed by atoms with Crippen LogP contribution in [0.1, 0.15) is 12.5 Å². The molecule has 1 aliphatic rings. The van der Waals surface area contributed by atoms with Crippen LogP contribution in [0.2, 0.25) is 5.02 Å². The Labute approximate surface area is 95.9 Å². The van der Waals surface area contributed by atoms with Crippen molar-refractivity contribution in [2.75, 3.05) is 0 Å². The second kappa shape index (κ2) is 3.50. The first-order valence-electron chi connectivity index (χ1n) is 4.00. The van der Waals surface area contributed by atoms with Gasteiger partial charge in [-0.3, -0.25) is 0 Å². The van der Waals surface area contributed by atoms with Crippen LogP contribution in [0, 0.1) is 0 Å². The standard InChI is InChI=1S/C10H8ClIO/c1-6-9(12)5-7-4-8(11)2-3-10(7)13-6/h2-6H,1H3/t6-/m1/s1. The second-order valence-corrected chi connectivity index (χ2v) is 4.65. The minimum Gasteiger partial charge on any atom is -0.485 e. The number of rotatable bonds is 0. The van der Waals surface area contributed by atoms with Gasteiger partial charge in [0.25, 0.3) is 0 Å². The molecule has 1 nitrogen and oxygen atoms in total. The van der Waals surface area contributed by atoms with Crippen LogP contribution in [0.4, 0.5) is 0 Å². The molecule has 0 spiro atoms. The number of hydrogen-bond acceptors (Lipinski definition) is 1. The topological polar surface area (TPSA) is 9.23 Å². The molecule has 0 unspecified atom stereocenters. The average Bonchev–Trinajstić information content (AvgIpc) is 2.08. The van der Waals surface area contributed by atoms with E-state index in [9.17, 15) is 0 Å². The van der Waals surface area contributed by atoms with Gasteiger partial charge in [0, 0.05) is 14.2 Å². The minimum atomic E-state index is 0.161. The van der Waals surface area contributed by atoms with Gasteiger partial charge < -0.3 is 4.74 Å². The molecule has 1 aromatic carbocycles. The molecule has 0 saturated heterocycles. The van der Waals surface area contributed by atoms with Crippen molar-refractivity contribution in [3.05, 3.63) is 32.4 Å². The molecule has 1 atom stereocenters. The first kappa shape index (κ1) is 9.34. The van der Waals surface area contributed by atoms with Crippen molar-refractivity contribution in [2.24, 2.45) is 0 Å². The number of fused-ring (bicyclic) bond motifs is 1. The van der Waals surface area contributed by atoms with Crippen molar-refractivity contribution < 1.29 is 4.74 Å². The molecular formula is C10H8ClIO. The molecule has 0 radical (unpaired) electrons. The fourth-order valence-corrected chi connectivity index (χ4v) is 1.90. The van der Waals surface area contributed by atoms with E-state index in [4.69, 9.17) is 16.3 Å². The van der Waals surface area contributed by atoms with Gasteiger partial charge in [0.15, 0.2) is 0 Å². The smallest absolute Gasteiger partial charge is 0.127 e. The van der Waals surface area contributed by atoms with E-state index < -0.39 is 0 Å². The van der Waals surface area contributed by atoms with Crippen LogP contribution in [0.15, 0.2) is 21.8 Å². The normalized spacial score (nSPS) is 20.2. The van der Waals surface area contributed by atoms with Crippen LogP contribution >= 0.6 is 34.2 Å². The molecule has 3 heteroatoms. The first-order chi connectivity index (χ1) is 6.16. The van der Waals surface area contributed by atoms with Crippen LogP contribution in [0.5, 0.6) is 5.75 Å². The fraction of sp³-hybridized carbons (Fsp3) is 0.200. The zero-order chi connectivity index (χ0) is 9.42. The highest BCUT2D eigenvalue weighted by atomic mass is 127. The minimum absolute atomic E-state index is 0.161. The molecule has 2 rings (SSSR count). The van der Waals surface area contributed by atoms with Gasteiger partial charge in [0.1, 0.15) is 11.9 Å². The third-order valence-corrected chi connectivity index (χ3v) is 3.38. The van der Waals surface area contributed by atoms with Gasteiger partial charge in [-0.25, -0.2) is 0 Å². The van der Waals surface area contributed by atoms with Gasteiger partial charge in [-0.05, 0) is 53.8 Å². The average molecular weight is 307 g/mol. The van der Waals surface area contributed by atoms with E-state index in [-0.39, 0.29) is 6.10 Å². The molecule has 1 heterocycles. The SMILES string of the molecule is C[C@H]1Oc2ccc(Cl)cc2C=C1I. The highest BCUT2D eigenvalue weighted by Gasteiger charge is 2.16. The van der Waals surface area contributed by atoms with E-state index in [1.807, 2.05) is 25.1 Å². The fourth-order valence-electron chi connectivity index (χ4n) is 1.25. The van der Waals surface area contributed by atoms with Crippen LogP contribution in [-0.4, -0.2) is 6.10 Å².